The van der Waals surface area contributed by atoms with Crippen molar-refractivity contribution in [2.24, 2.45) is 0 Å². The van der Waals surface area contributed by atoms with E-state index in [1.165, 1.54) is 97.3 Å². The van der Waals surface area contributed by atoms with Gasteiger partial charge in [0.05, 0.1) is 6.26 Å². The fraction of sp³-hybridized carbons (Fsp3) is 0. The monoisotopic (exact) mass is 889 g/mol. The molecule has 0 fully saturated rings. The first-order valence-electron chi connectivity index (χ1n) is 24.1. The molecular weight excluding hydrogens is 847 g/mol. The Labute approximate surface area is 405 Å². The number of rotatable bonds is 6. The first-order chi connectivity index (χ1) is 34.7. The van der Waals surface area contributed by atoms with Crippen LogP contribution >= 0.6 is 0 Å². The third kappa shape index (κ3) is 6.49. The zero-order valence-corrected chi connectivity index (χ0v) is 38.2. The standard InChI is InChI=1S/C68H43NO/c1-2-13-44(14-3-1)45-28-33-52(34-29-45)69(53-35-30-46(31-36-53)49-17-11-18-50(41-49)65-25-12-40-70-65)54-37-39-60-63(43-54)59-23-7-6-21-57(59)55-19-4-5-20-56(55)58-22-8-9-24-61(58)68-62-38-32-48-16-10-15-47-26-27-51(42-64(60)68)67(62)66(47)48/h1-43H. The highest BCUT2D eigenvalue weighted by molar-refractivity contribution is 6.36. The highest BCUT2D eigenvalue weighted by Gasteiger charge is 2.19. The number of hydrogen-bond donors (Lipinski definition) is 0. The molecule has 0 N–H and O–H groups in total. The van der Waals surface area contributed by atoms with Crippen LogP contribution in [-0.4, -0.2) is 0 Å². The summed E-state index contributed by atoms with van der Waals surface area (Å²) >= 11 is 0. The van der Waals surface area contributed by atoms with Gasteiger partial charge < -0.3 is 9.32 Å². The fourth-order valence-corrected chi connectivity index (χ4v) is 11.3. The second kappa shape index (κ2) is 16.2. The van der Waals surface area contributed by atoms with E-state index < -0.39 is 0 Å². The minimum atomic E-state index is 0.859. The minimum Gasteiger partial charge on any atom is -0.464 e. The van der Waals surface area contributed by atoms with Gasteiger partial charge in [-0.2, -0.15) is 0 Å². The highest BCUT2D eigenvalue weighted by Crippen LogP contribution is 2.46. The second-order valence-corrected chi connectivity index (χ2v) is 18.4. The lowest BCUT2D eigenvalue weighted by atomic mass is 9.88. The van der Waals surface area contributed by atoms with Crippen LogP contribution in [-0.2, 0) is 0 Å². The van der Waals surface area contributed by atoms with E-state index >= 15 is 0 Å². The average molecular weight is 890 g/mol. The number of hydrogen-bond acceptors (Lipinski definition) is 2. The van der Waals surface area contributed by atoms with Crippen molar-refractivity contribution < 1.29 is 4.42 Å². The fourth-order valence-electron chi connectivity index (χ4n) is 11.3. The summed E-state index contributed by atoms with van der Waals surface area (Å²) in [4.78, 5) is 2.41. The predicted molar refractivity (Wildman–Crippen MR) is 299 cm³/mol. The molecule has 0 saturated heterocycles. The number of fused-ring (bicyclic) bond motifs is 11. The van der Waals surface area contributed by atoms with E-state index in [-0.39, 0.29) is 0 Å². The molecule has 1 heterocycles. The van der Waals surface area contributed by atoms with E-state index in [0.29, 0.717) is 0 Å². The van der Waals surface area contributed by atoms with E-state index in [1.807, 2.05) is 12.1 Å². The van der Waals surface area contributed by atoms with E-state index in [2.05, 4.69) is 248 Å². The molecule has 0 unspecified atom stereocenters. The lowest BCUT2D eigenvalue weighted by molar-refractivity contribution is 0.582. The Morgan fingerprint density at radius 3 is 1.37 bits per heavy atom. The number of benzene rings is 12. The summed E-state index contributed by atoms with van der Waals surface area (Å²) in [7, 11) is 0. The Morgan fingerprint density at radius 1 is 0.229 bits per heavy atom. The van der Waals surface area contributed by atoms with Gasteiger partial charge in [0.2, 0.25) is 0 Å². The van der Waals surface area contributed by atoms with Crippen LogP contribution in [0, 0.1) is 0 Å². The summed E-state index contributed by atoms with van der Waals surface area (Å²) < 4.78 is 5.78. The van der Waals surface area contributed by atoms with Gasteiger partial charge in [-0.05, 0) is 169 Å². The molecule has 0 saturated carbocycles. The van der Waals surface area contributed by atoms with Crippen molar-refractivity contribution >= 4 is 103 Å². The van der Waals surface area contributed by atoms with Crippen LogP contribution in [0.1, 0.15) is 0 Å². The molecule has 13 aromatic carbocycles. The van der Waals surface area contributed by atoms with Gasteiger partial charge in [-0.1, -0.05) is 194 Å². The SMILES string of the molecule is c1ccc(-c2ccc(N(c3ccc(-c4cccc(-c5ccco5)c4)cc3)c3ccc4c(c3)c3ccccc3c3ccccc3c3ccccc3c3c4cc4ccc5cccc6ccc3c4c56)cc2)cc1. The smallest absolute Gasteiger partial charge is 0.133 e. The predicted octanol–water partition coefficient (Wildman–Crippen LogP) is 19.5. The summed E-state index contributed by atoms with van der Waals surface area (Å²) in [5, 5.41) is 19.8. The van der Waals surface area contributed by atoms with Crippen molar-refractivity contribution in [3.8, 4) is 33.6 Å². The average Bonchev–Trinajstić information content (AvgIpc) is 3.99. The first kappa shape index (κ1) is 39.9. The third-order valence-corrected chi connectivity index (χ3v) is 14.5. The van der Waals surface area contributed by atoms with Gasteiger partial charge in [-0.15, -0.1) is 0 Å². The summed E-state index contributed by atoms with van der Waals surface area (Å²) in [5.74, 6) is 0.859. The molecule has 0 aliphatic heterocycles. The number of anilines is 3. The molecule has 0 bridgehead atoms. The van der Waals surface area contributed by atoms with Gasteiger partial charge in [0.25, 0.3) is 0 Å². The number of furan rings is 1. The zero-order valence-electron chi connectivity index (χ0n) is 38.2. The van der Waals surface area contributed by atoms with E-state index in [9.17, 15) is 0 Å². The molecule has 0 spiro atoms. The van der Waals surface area contributed by atoms with Crippen molar-refractivity contribution in [3.63, 3.8) is 0 Å². The first-order valence-corrected chi connectivity index (χ1v) is 24.1. The third-order valence-electron chi connectivity index (χ3n) is 14.5. The Balaban J connectivity index is 1.08. The Bertz CT molecular complexity index is 4370. The van der Waals surface area contributed by atoms with Crippen LogP contribution in [0.25, 0.3) is 120 Å². The van der Waals surface area contributed by atoms with Crippen molar-refractivity contribution in [3.05, 3.63) is 261 Å². The molecule has 14 rings (SSSR count). The summed E-state index contributed by atoms with van der Waals surface area (Å²) in [6.45, 7) is 0. The molecule has 0 aliphatic rings. The van der Waals surface area contributed by atoms with Crippen LogP contribution in [0.5, 0.6) is 0 Å². The lowest BCUT2D eigenvalue weighted by Gasteiger charge is -2.26. The molecule has 1 aromatic heterocycles. The van der Waals surface area contributed by atoms with Crippen LogP contribution in [0.2, 0.25) is 0 Å². The lowest BCUT2D eigenvalue weighted by Crippen LogP contribution is -2.09. The summed E-state index contributed by atoms with van der Waals surface area (Å²) in [6, 6.07) is 93.7. The molecule has 326 valence electrons. The normalized spacial score (nSPS) is 11.7. The van der Waals surface area contributed by atoms with Crippen molar-refractivity contribution in [1.29, 1.82) is 0 Å². The van der Waals surface area contributed by atoms with E-state index in [4.69, 9.17) is 4.42 Å². The van der Waals surface area contributed by atoms with Crippen LogP contribution in [0.3, 0.4) is 0 Å². The molecular formula is C68H43NO. The van der Waals surface area contributed by atoms with E-state index in [1.54, 1.807) is 6.26 Å². The largest absolute Gasteiger partial charge is 0.464 e. The second-order valence-electron chi connectivity index (χ2n) is 18.4. The van der Waals surface area contributed by atoms with Crippen molar-refractivity contribution in [2.45, 2.75) is 0 Å². The van der Waals surface area contributed by atoms with Gasteiger partial charge in [-0.3, -0.25) is 0 Å². The molecule has 0 amide bonds. The molecule has 70 heavy (non-hydrogen) atoms. The minimum absolute atomic E-state index is 0.859. The van der Waals surface area contributed by atoms with Gasteiger partial charge in [0, 0.05) is 22.6 Å². The zero-order chi connectivity index (χ0) is 46.1. The van der Waals surface area contributed by atoms with Gasteiger partial charge in [0.1, 0.15) is 5.76 Å². The Hall–Kier alpha value is -9.24. The maximum absolute atomic E-state index is 5.78. The summed E-state index contributed by atoms with van der Waals surface area (Å²) in [6.07, 6.45) is 1.73. The van der Waals surface area contributed by atoms with Crippen molar-refractivity contribution in [2.75, 3.05) is 4.90 Å². The molecule has 0 atom stereocenters. The maximum Gasteiger partial charge on any atom is 0.133 e. The maximum atomic E-state index is 5.78. The topological polar surface area (TPSA) is 16.4 Å². The molecule has 0 aliphatic carbocycles. The Kier molecular flexibility index (Phi) is 9.25. The molecule has 0 radical (unpaired) electrons. The molecule has 14 aromatic rings. The van der Waals surface area contributed by atoms with Crippen LogP contribution in [0.15, 0.2) is 265 Å². The number of nitrogens with zero attached hydrogens (tertiary/aromatic N) is 1. The molecule has 2 heteroatoms. The quantitative estimate of drug-likeness (QED) is 0.155. The highest BCUT2D eigenvalue weighted by atomic mass is 16.3. The molecule has 2 nitrogen and oxygen atoms in total. The van der Waals surface area contributed by atoms with Gasteiger partial charge in [0.15, 0.2) is 0 Å². The Morgan fingerprint density at radius 2 is 0.714 bits per heavy atom. The van der Waals surface area contributed by atoms with Crippen molar-refractivity contribution in [1.82, 2.24) is 0 Å². The summed E-state index contributed by atoms with van der Waals surface area (Å²) in [5.41, 5.74) is 8.90. The van der Waals surface area contributed by atoms with Crippen LogP contribution in [0.4, 0.5) is 17.1 Å². The van der Waals surface area contributed by atoms with Gasteiger partial charge >= 0.3 is 0 Å². The van der Waals surface area contributed by atoms with Gasteiger partial charge in [-0.25, -0.2) is 0 Å². The van der Waals surface area contributed by atoms with E-state index in [0.717, 1.165) is 39.5 Å². The van der Waals surface area contributed by atoms with Crippen LogP contribution < -0.4 is 4.90 Å².